The molecule has 4 atom stereocenters. The summed E-state index contributed by atoms with van der Waals surface area (Å²) in [4.78, 5) is 0. The van der Waals surface area contributed by atoms with Crippen molar-refractivity contribution in [2.75, 3.05) is 0 Å². The van der Waals surface area contributed by atoms with Gasteiger partial charge in [-0.05, 0) is 45.1 Å². The number of nitrogens with one attached hydrogen (secondary N) is 1. The highest BCUT2D eigenvalue weighted by Crippen LogP contribution is 2.31. The molecule has 0 bridgehead atoms. The molecule has 0 spiro atoms. The minimum Gasteiger partial charge on any atom is -0.466 e. The van der Waals surface area contributed by atoms with E-state index >= 15 is 0 Å². The molecule has 1 aromatic heterocycles. The molecule has 1 fully saturated rings. The fraction of sp³-hybridized carbons (Fsp3) is 0.750. The van der Waals surface area contributed by atoms with Crippen LogP contribution in [0.25, 0.3) is 0 Å². The molecule has 0 aromatic carbocycles. The van der Waals surface area contributed by atoms with Gasteiger partial charge in [0.1, 0.15) is 11.5 Å². The molecular weight excluding hydrogens is 222 g/mol. The van der Waals surface area contributed by atoms with E-state index in [0.29, 0.717) is 12.1 Å². The van der Waals surface area contributed by atoms with Crippen LogP contribution in [0.2, 0.25) is 0 Å². The summed E-state index contributed by atoms with van der Waals surface area (Å²) in [6.45, 7) is 11.1. The first kappa shape index (κ1) is 13.7. The van der Waals surface area contributed by atoms with Crippen molar-refractivity contribution in [3.05, 3.63) is 23.2 Å². The second kappa shape index (κ2) is 5.48. The van der Waals surface area contributed by atoms with Crippen LogP contribution < -0.4 is 5.32 Å². The van der Waals surface area contributed by atoms with Gasteiger partial charge >= 0.3 is 0 Å². The summed E-state index contributed by atoms with van der Waals surface area (Å²) >= 11 is 0. The molecule has 2 heteroatoms. The maximum atomic E-state index is 5.63. The van der Waals surface area contributed by atoms with E-state index in [2.05, 4.69) is 39.1 Å². The zero-order valence-corrected chi connectivity index (χ0v) is 12.4. The van der Waals surface area contributed by atoms with Gasteiger partial charge in [-0.15, -0.1) is 0 Å². The number of hydrogen-bond acceptors (Lipinski definition) is 2. The van der Waals surface area contributed by atoms with Crippen LogP contribution in [0, 0.1) is 25.7 Å². The molecule has 2 nitrogen and oxygen atoms in total. The summed E-state index contributed by atoms with van der Waals surface area (Å²) in [5.41, 5.74) is 1.32. The normalized spacial score (nSPS) is 30.4. The molecule has 18 heavy (non-hydrogen) atoms. The first-order chi connectivity index (χ1) is 8.49. The Morgan fingerprint density at radius 2 is 2.00 bits per heavy atom. The van der Waals surface area contributed by atoms with Gasteiger partial charge in [-0.3, -0.25) is 0 Å². The van der Waals surface area contributed by atoms with Crippen LogP contribution in [0.1, 0.15) is 63.2 Å². The predicted octanol–water partition coefficient (Wildman–Crippen LogP) is 4.37. The van der Waals surface area contributed by atoms with Crippen LogP contribution in [0.15, 0.2) is 10.5 Å². The Morgan fingerprint density at radius 1 is 1.28 bits per heavy atom. The van der Waals surface area contributed by atoms with Crippen LogP contribution in [-0.2, 0) is 0 Å². The quantitative estimate of drug-likeness (QED) is 0.860. The monoisotopic (exact) mass is 249 g/mol. The van der Waals surface area contributed by atoms with Gasteiger partial charge in [0.05, 0.1) is 0 Å². The van der Waals surface area contributed by atoms with Gasteiger partial charge in [-0.25, -0.2) is 0 Å². The SMILES string of the molecule is Cc1cc(C(C)NC2CCCC(C)C2C)c(C)o1. The van der Waals surface area contributed by atoms with E-state index in [1.807, 2.05) is 6.92 Å². The van der Waals surface area contributed by atoms with Gasteiger partial charge in [-0.2, -0.15) is 0 Å². The third kappa shape index (κ3) is 2.80. The van der Waals surface area contributed by atoms with E-state index in [1.54, 1.807) is 0 Å². The minimum atomic E-state index is 0.389. The highest BCUT2D eigenvalue weighted by molar-refractivity contribution is 5.23. The fourth-order valence-corrected chi connectivity index (χ4v) is 3.31. The van der Waals surface area contributed by atoms with E-state index in [0.717, 1.165) is 23.4 Å². The average molecular weight is 249 g/mol. The van der Waals surface area contributed by atoms with E-state index in [-0.39, 0.29) is 0 Å². The van der Waals surface area contributed by atoms with Gasteiger partial charge in [-0.1, -0.05) is 26.7 Å². The molecule has 0 radical (unpaired) electrons. The smallest absolute Gasteiger partial charge is 0.105 e. The highest BCUT2D eigenvalue weighted by atomic mass is 16.3. The maximum Gasteiger partial charge on any atom is 0.105 e. The first-order valence-corrected chi connectivity index (χ1v) is 7.32. The Hall–Kier alpha value is -0.760. The molecule has 0 saturated heterocycles. The molecule has 2 rings (SSSR count). The molecular formula is C16H27NO. The van der Waals surface area contributed by atoms with Crippen LogP contribution >= 0.6 is 0 Å². The Kier molecular flexibility index (Phi) is 4.16. The summed E-state index contributed by atoms with van der Waals surface area (Å²) in [5, 5.41) is 3.81. The van der Waals surface area contributed by atoms with Crippen LogP contribution in [0.3, 0.4) is 0 Å². The number of aryl methyl sites for hydroxylation is 2. The summed E-state index contributed by atoms with van der Waals surface area (Å²) in [7, 11) is 0. The van der Waals surface area contributed by atoms with Crippen molar-refractivity contribution >= 4 is 0 Å². The van der Waals surface area contributed by atoms with E-state index < -0.39 is 0 Å². The van der Waals surface area contributed by atoms with Gasteiger partial charge < -0.3 is 9.73 Å². The third-order valence-corrected chi connectivity index (χ3v) is 4.72. The van der Waals surface area contributed by atoms with Crippen molar-refractivity contribution in [3.63, 3.8) is 0 Å². The Morgan fingerprint density at radius 3 is 2.61 bits per heavy atom. The second-order valence-electron chi connectivity index (χ2n) is 6.13. The van der Waals surface area contributed by atoms with Crippen molar-refractivity contribution < 1.29 is 4.42 Å². The molecule has 1 saturated carbocycles. The molecule has 1 N–H and O–H groups in total. The highest BCUT2D eigenvalue weighted by Gasteiger charge is 2.28. The first-order valence-electron chi connectivity index (χ1n) is 7.32. The Bertz CT molecular complexity index is 396. The Balaban J connectivity index is 2.02. The largest absolute Gasteiger partial charge is 0.466 e. The molecule has 1 heterocycles. The van der Waals surface area contributed by atoms with Crippen molar-refractivity contribution in [1.29, 1.82) is 0 Å². The van der Waals surface area contributed by atoms with Crippen molar-refractivity contribution in [2.24, 2.45) is 11.8 Å². The predicted molar refractivity (Wildman–Crippen MR) is 75.7 cm³/mol. The zero-order chi connectivity index (χ0) is 13.3. The summed E-state index contributed by atoms with van der Waals surface area (Å²) < 4.78 is 5.63. The van der Waals surface area contributed by atoms with E-state index in [1.165, 1.54) is 24.8 Å². The van der Waals surface area contributed by atoms with Gasteiger partial charge in [0.15, 0.2) is 0 Å². The lowest BCUT2D eigenvalue weighted by molar-refractivity contribution is 0.196. The van der Waals surface area contributed by atoms with Crippen LogP contribution in [0.4, 0.5) is 0 Å². The topological polar surface area (TPSA) is 25.2 Å². The lowest BCUT2D eigenvalue weighted by Gasteiger charge is -2.36. The number of hydrogen-bond donors (Lipinski definition) is 1. The standard InChI is InChI=1S/C16H27NO/c1-10-7-6-8-16(12(10)3)17-13(4)15-9-11(2)18-14(15)5/h9-10,12-13,16-17H,6-8H2,1-5H3. The van der Waals surface area contributed by atoms with Crippen LogP contribution in [-0.4, -0.2) is 6.04 Å². The molecule has 1 aromatic rings. The summed E-state index contributed by atoms with van der Waals surface area (Å²) in [6, 6.07) is 3.21. The molecule has 102 valence electrons. The lowest BCUT2D eigenvalue weighted by atomic mass is 9.77. The van der Waals surface area contributed by atoms with Gasteiger partial charge in [0, 0.05) is 17.6 Å². The van der Waals surface area contributed by atoms with E-state index in [9.17, 15) is 0 Å². The summed E-state index contributed by atoms with van der Waals surface area (Å²) in [6.07, 6.45) is 4.06. The Labute approximate surface area is 111 Å². The van der Waals surface area contributed by atoms with E-state index in [4.69, 9.17) is 4.42 Å². The maximum absolute atomic E-state index is 5.63. The molecule has 0 aliphatic heterocycles. The van der Waals surface area contributed by atoms with Crippen molar-refractivity contribution in [3.8, 4) is 0 Å². The van der Waals surface area contributed by atoms with Crippen LogP contribution in [0.5, 0.6) is 0 Å². The van der Waals surface area contributed by atoms with Gasteiger partial charge in [0.2, 0.25) is 0 Å². The zero-order valence-electron chi connectivity index (χ0n) is 12.4. The minimum absolute atomic E-state index is 0.389. The van der Waals surface area contributed by atoms with Gasteiger partial charge in [0.25, 0.3) is 0 Å². The number of rotatable bonds is 3. The van der Waals surface area contributed by atoms with Crippen molar-refractivity contribution in [1.82, 2.24) is 5.32 Å². The molecule has 4 unspecified atom stereocenters. The fourth-order valence-electron chi connectivity index (χ4n) is 3.31. The molecule has 1 aliphatic carbocycles. The van der Waals surface area contributed by atoms with Crippen molar-refractivity contribution in [2.45, 2.75) is 66.0 Å². The summed E-state index contributed by atoms with van der Waals surface area (Å²) in [5.74, 6) is 3.69. The molecule has 0 amide bonds. The number of furan rings is 1. The molecule has 1 aliphatic rings. The average Bonchev–Trinajstić information content (AvgIpc) is 2.64. The third-order valence-electron chi connectivity index (χ3n) is 4.72. The second-order valence-corrected chi connectivity index (χ2v) is 6.13. The lowest BCUT2D eigenvalue weighted by Crippen LogP contribution is -2.41.